The Balaban J connectivity index is 1.47. The van der Waals surface area contributed by atoms with E-state index in [4.69, 9.17) is 4.74 Å². The highest BCUT2D eigenvalue weighted by molar-refractivity contribution is 6.04. The summed E-state index contributed by atoms with van der Waals surface area (Å²) in [5.74, 6) is 1.74. The number of urea groups is 1. The molecule has 1 atom stereocenters. The van der Waals surface area contributed by atoms with Gasteiger partial charge in [0.15, 0.2) is 0 Å². The van der Waals surface area contributed by atoms with Crippen LogP contribution in [0.15, 0.2) is 66.7 Å². The number of nitrogens with zero attached hydrogens (tertiary/aromatic N) is 3. The number of carbonyl (C=O) groups excluding carboxylic acids is 2. The van der Waals surface area contributed by atoms with Crippen molar-refractivity contribution in [2.45, 2.75) is 18.4 Å². The van der Waals surface area contributed by atoms with Crippen LogP contribution in [0.5, 0.6) is 11.5 Å². The van der Waals surface area contributed by atoms with Gasteiger partial charge in [-0.15, -0.1) is 10.2 Å². The molecule has 1 fully saturated rings. The van der Waals surface area contributed by atoms with Crippen molar-refractivity contribution in [2.75, 3.05) is 0 Å². The molecule has 3 N–H and O–H groups in total. The van der Waals surface area contributed by atoms with Gasteiger partial charge in [-0.25, -0.2) is 4.79 Å². The first-order valence-electron chi connectivity index (χ1n) is 10.5. The Morgan fingerprint density at radius 1 is 0.909 bits per heavy atom. The molecule has 2 aliphatic rings. The van der Waals surface area contributed by atoms with Gasteiger partial charge in [0, 0.05) is 22.6 Å². The molecule has 1 aromatic heterocycles. The van der Waals surface area contributed by atoms with Crippen LogP contribution in [0.4, 0.5) is 4.79 Å². The van der Waals surface area contributed by atoms with Crippen LogP contribution in [-0.2, 0) is 11.2 Å². The van der Waals surface area contributed by atoms with Gasteiger partial charge in [0.1, 0.15) is 17.5 Å². The second-order valence-corrected chi connectivity index (χ2v) is 7.98. The molecule has 4 aromatic rings. The van der Waals surface area contributed by atoms with E-state index in [0.29, 0.717) is 17.8 Å². The van der Waals surface area contributed by atoms with Crippen LogP contribution in [0.25, 0.3) is 11.4 Å². The van der Waals surface area contributed by atoms with Crippen LogP contribution in [0.1, 0.15) is 34.2 Å². The first-order chi connectivity index (χ1) is 16.2. The maximum atomic E-state index is 12.3. The predicted octanol–water partition coefficient (Wildman–Crippen LogP) is 3.23. The Morgan fingerprint density at radius 2 is 1.64 bits per heavy atom. The Kier molecular flexibility index (Phi) is 4.39. The molecule has 9 nitrogen and oxygen atoms in total. The van der Waals surface area contributed by atoms with Crippen molar-refractivity contribution >= 4 is 11.9 Å². The second kappa shape index (κ2) is 7.56. The number of H-pyrrole nitrogens is 1. The third-order valence-electron chi connectivity index (χ3n) is 6.06. The first-order valence-corrected chi connectivity index (χ1v) is 10.5. The number of carbonyl (C=O) groups is 2. The highest BCUT2D eigenvalue weighted by Gasteiger charge is 2.33. The summed E-state index contributed by atoms with van der Waals surface area (Å²) >= 11 is 0. The molecule has 33 heavy (non-hydrogen) atoms. The van der Waals surface area contributed by atoms with Gasteiger partial charge in [-0.3, -0.25) is 10.1 Å². The van der Waals surface area contributed by atoms with Gasteiger partial charge in [0.25, 0.3) is 5.91 Å². The molecule has 1 unspecified atom stereocenters. The fraction of sp³-hybridized carbons (Fsp3) is 0.125. The van der Waals surface area contributed by atoms with Crippen LogP contribution >= 0.6 is 0 Å². The molecule has 0 bridgehead atoms. The number of hydrogen-bond donors (Lipinski definition) is 3. The van der Waals surface area contributed by atoms with Crippen LogP contribution in [0.2, 0.25) is 0 Å². The highest BCUT2D eigenvalue weighted by Crippen LogP contribution is 2.46. The number of benzene rings is 3. The van der Waals surface area contributed by atoms with Gasteiger partial charge in [0.05, 0.1) is 0 Å². The minimum absolute atomic E-state index is 0.0130. The van der Waals surface area contributed by atoms with Crippen molar-refractivity contribution in [3.63, 3.8) is 0 Å². The lowest BCUT2D eigenvalue weighted by Crippen LogP contribution is -2.22. The summed E-state index contributed by atoms with van der Waals surface area (Å²) in [6.07, 6.45) is 0.609. The normalized spacial score (nSPS) is 17.0. The number of fused-ring (bicyclic) bond motifs is 2. The number of nitrogens with one attached hydrogen (secondary N) is 3. The van der Waals surface area contributed by atoms with Crippen LogP contribution in [0, 0.1) is 0 Å². The van der Waals surface area contributed by atoms with E-state index in [9.17, 15) is 9.59 Å². The van der Waals surface area contributed by atoms with Crippen LogP contribution in [-0.4, -0.2) is 32.6 Å². The molecule has 3 aromatic carbocycles. The summed E-state index contributed by atoms with van der Waals surface area (Å²) in [6.45, 7) is 0. The van der Waals surface area contributed by atoms with Gasteiger partial charge in [-0.1, -0.05) is 54.6 Å². The Morgan fingerprint density at radius 3 is 2.27 bits per heavy atom. The monoisotopic (exact) mass is 438 g/mol. The van der Waals surface area contributed by atoms with Crippen molar-refractivity contribution in [1.82, 2.24) is 31.3 Å². The lowest BCUT2D eigenvalue weighted by Gasteiger charge is -2.29. The van der Waals surface area contributed by atoms with Gasteiger partial charge < -0.3 is 10.1 Å². The SMILES string of the molecule is O=C1NC(=O)C(c2ccc(-c3nn[nH]n3)c(CC3c4ccccc4Oc4ccccc43)c2)N1. The van der Waals surface area contributed by atoms with Crippen molar-refractivity contribution in [3.8, 4) is 22.9 Å². The Bertz CT molecular complexity index is 1340. The van der Waals surface area contributed by atoms with Crippen LogP contribution in [0.3, 0.4) is 0 Å². The molecule has 6 rings (SSSR count). The maximum Gasteiger partial charge on any atom is 0.322 e. The van der Waals surface area contributed by atoms with Crippen LogP contribution < -0.4 is 15.4 Å². The summed E-state index contributed by atoms with van der Waals surface area (Å²) < 4.78 is 6.14. The van der Waals surface area contributed by atoms with Crippen molar-refractivity contribution in [2.24, 2.45) is 0 Å². The average Bonchev–Trinajstić information content (AvgIpc) is 3.48. The fourth-order valence-electron chi connectivity index (χ4n) is 4.56. The lowest BCUT2D eigenvalue weighted by atomic mass is 9.82. The molecular weight excluding hydrogens is 420 g/mol. The maximum absolute atomic E-state index is 12.3. The molecule has 162 valence electrons. The largest absolute Gasteiger partial charge is 0.457 e. The molecule has 0 saturated carbocycles. The first kappa shape index (κ1) is 19.2. The Hall–Kier alpha value is -4.53. The summed E-state index contributed by atoms with van der Waals surface area (Å²) in [6, 6.07) is 20.3. The fourth-order valence-corrected chi connectivity index (χ4v) is 4.56. The summed E-state index contributed by atoms with van der Waals surface area (Å²) in [7, 11) is 0. The number of imide groups is 1. The summed E-state index contributed by atoms with van der Waals surface area (Å²) in [4.78, 5) is 24.0. The third-order valence-corrected chi connectivity index (χ3v) is 6.06. The molecule has 0 radical (unpaired) electrons. The molecular formula is C24H18N6O3. The summed E-state index contributed by atoms with van der Waals surface area (Å²) in [5, 5.41) is 19.5. The van der Waals surface area contributed by atoms with E-state index in [1.165, 1.54) is 0 Å². The minimum atomic E-state index is -0.746. The number of aromatic amines is 1. The van der Waals surface area contributed by atoms with Gasteiger partial charge in [-0.05, 0) is 34.9 Å². The number of hydrogen-bond acceptors (Lipinski definition) is 6. The predicted molar refractivity (Wildman–Crippen MR) is 118 cm³/mol. The van der Waals surface area contributed by atoms with E-state index in [1.807, 2.05) is 48.5 Å². The molecule has 3 heterocycles. The smallest absolute Gasteiger partial charge is 0.322 e. The van der Waals surface area contributed by atoms with E-state index < -0.39 is 12.1 Å². The van der Waals surface area contributed by atoms with Gasteiger partial charge >= 0.3 is 6.03 Å². The average molecular weight is 438 g/mol. The molecule has 2 aliphatic heterocycles. The number of rotatable bonds is 4. The van der Waals surface area contributed by atoms with Crippen molar-refractivity contribution in [3.05, 3.63) is 89.0 Å². The van der Waals surface area contributed by atoms with Crippen molar-refractivity contribution in [1.29, 1.82) is 0 Å². The number of para-hydroxylation sites is 2. The zero-order chi connectivity index (χ0) is 22.4. The molecule has 9 heteroatoms. The number of aromatic nitrogens is 4. The van der Waals surface area contributed by atoms with E-state index >= 15 is 0 Å². The molecule has 1 saturated heterocycles. The molecule has 0 spiro atoms. The number of ether oxygens (including phenoxy) is 1. The number of amides is 3. The van der Waals surface area contributed by atoms with E-state index in [2.05, 4.69) is 43.4 Å². The lowest BCUT2D eigenvalue weighted by molar-refractivity contribution is -0.120. The standard InChI is InChI=1S/C24H18N6O3/c31-23-21(25-24(32)26-23)13-9-10-15(22-27-29-30-28-22)14(11-13)12-18-16-5-1-3-7-19(16)33-20-8-4-2-6-17(18)20/h1-11,18,21H,12H2,(H2,25,26,31,32)(H,27,28,29,30). The molecule has 3 amide bonds. The molecule has 0 aliphatic carbocycles. The topological polar surface area (TPSA) is 122 Å². The second-order valence-electron chi connectivity index (χ2n) is 7.98. The Labute approximate surface area is 188 Å². The van der Waals surface area contributed by atoms with Gasteiger partial charge in [0.2, 0.25) is 5.82 Å². The van der Waals surface area contributed by atoms with Crippen molar-refractivity contribution < 1.29 is 14.3 Å². The van der Waals surface area contributed by atoms with E-state index in [1.54, 1.807) is 6.07 Å². The highest BCUT2D eigenvalue weighted by atomic mass is 16.5. The third kappa shape index (κ3) is 3.30. The summed E-state index contributed by atoms with van der Waals surface area (Å²) in [5.41, 5.74) is 4.58. The quantitative estimate of drug-likeness (QED) is 0.421. The minimum Gasteiger partial charge on any atom is -0.457 e. The van der Waals surface area contributed by atoms with E-state index in [-0.39, 0.29) is 11.8 Å². The number of tetrazole rings is 1. The zero-order valence-corrected chi connectivity index (χ0v) is 17.3. The van der Waals surface area contributed by atoms with E-state index in [0.717, 1.165) is 33.8 Å². The zero-order valence-electron chi connectivity index (χ0n) is 17.3. The van der Waals surface area contributed by atoms with Gasteiger partial charge in [-0.2, -0.15) is 5.21 Å².